The third-order valence-electron chi connectivity index (χ3n) is 5.83. The van der Waals surface area contributed by atoms with Crippen LogP contribution in [0.1, 0.15) is 40.0 Å². The van der Waals surface area contributed by atoms with Gasteiger partial charge in [0.05, 0.1) is 0 Å². The van der Waals surface area contributed by atoms with Crippen LogP contribution in [0.2, 0.25) is 0 Å². The quantitative estimate of drug-likeness (QED) is 0.583. The van der Waals surface area contributed by atoms with Crippen LogP contribution in [0, 0.1) is 17.3 Å². The van der Waals surface area contributed by atoms with Crippen LogP contribution in [-0.2, 0) is 19.1 Å². The van der Waals surface area contributed by atoms with Gasteiger partial charge in [-0.3, -0.25) is 9.59 Å². The van der Waals surface area contributed by atoms with E-state index in [2.05, 4.69) is 6.58 Å². The first-order valence-electron chi connectivity index (χ1n) is 8.66. The molecule has 5 unspecified atom stereocenters. The lowest BCUT2D eigenvalue weighted by atomic mass is 9.86. The fourth-order valence-electron chi connectivity index (χ4n) is 3.86. The van der Waals surface area contributed by atoms with Gasteiger partial charge in [-0.25, -0.2) is 4.79 Å². The first kappa shape index (κ1) is 17.8. The summed E-state index contributed by atoms with van der Waals surface area (Å²) < 4.78 is 5.48. The smallest absolute Gasteiger partial charge is 0.334 e. The van der Waals surface area contributed by atoms with Gasteiger partial charge in [0, 0.05) is 22.8 Å². The summed E-state index contributed by atoms with van der Waals surface area (Å²) in [5.41, 5.74) is 1.13. The van der Waals surface area contributed by atoms with E-state index in [9.17, 15) is 19.5 Å². The molecule has 25 heavy (non-hydrogen) atoms. The van der Waals surface area contributed by atoms with Gasteiger partial charge in [-0.2, -0.15) is 0 Å². The molecular formula is C20H24O5. The molecule has 0 spiro atoms. The average Bonchev–Trinajstić information content (AvgIpc) is 3.10. The Bertz CT molecular complexity index is 728. The highest BCUT2D eigenvalue weighted by Crippen LogP contribution is 2.58. The maximum Gasteiger partial charge on any atom is 0.334 e. The molecule has 2 bridgehead atoms. The fourth-order valence-corrected chi connectivity index (χ4v) is 3.86. The zero-order valence-corrected chi connectivity index (χ0v) is 14.9. The van der Waals surface area contributed by atoms with Crippen molar-refractivity contribution in [3.05, 3.63) is 35.5 Å². The lowest BCUT2D eigenvalue weighted by Gasteiger charge is -2.20. The topological polar surface area (TPSA) is 80.7 Å². The van der Waals surface area contributed by atoms with E-state index in [1.165, 1.54) is 6.08 Å². The number of esters is 1. The summed E-state index contributed by atoms with van der Waals surface area (Å²) in [6, 6.07) is 0. The number of carbonyl (C=O) groups excluding carboxylic acids is 3. The van der Waals surface area contributed by atoms with E-state index in [1.807, 2.05) is 6.92 Å². The van der Waals surface area contributed by atoms with Crippen molar-refractivity contribution in [2.45, 2.75) is 52.2 Å². The number of aliphatic hydroxyl groups excluding tert-OH is 1. The molecule has 1 N–H and O–H groups in total. The standard InChI is InChI=1S/C20H24O5/c1-10(2)13-6-5-12-8-16(25-19(12)24)20(4)9-14(20)15(21)7-11(3)17(22)18(13)23/h7-8,13-14,16-17,22H,1,5-6,9H2,2-4H3. The van der Waals surface area contributed by atoms with E-state index in [-0.39, 0.29) is 23.5 Å². The number of carbonyl (C=O) groups is 3. The van der Waals surface area contributed by atoms with Crippen LogP contribution in [0.4, 0.5) is 0 Å². The van der Waals surface area contributed by atoms with E-state index >= 15 is 0 Å². The van der Waals surface area contributed by atoms with Gasteiger partial charge in [0.15, 0.2) is 11.6 Å². The minimum Gasteiger partial charge on any atom is -0.454 e. The van der Waals surface area contributed by atoms with Crippen molar-refractivity contribution in [2.24, 2.45) is 17.3 Å². The third kappa shape index (κ3) is 3.01. The Hall–Kier alpha value is -2.01. The van der Waals surface area contributed by atoms with Gasteiger partial charge in [0.1, 0.15) is 12.2 Å². The summed E-state index contributed by atoms with van der Waals surface area (Å²) >= 11 is 0. The third-order valence-corrected chi connectivity index (χ3v) is 5.83. The van der Waals surface area contributed by atoms with Crippen molar-refractivity contribution < 1.29 is 24.2 Å². The van der Waals surface area contributed by atoms with Crippen molar-refractivity contribution in [3.8, 4) is 0 Å². The van der Waals surface area contributed by atoms with Crippen LogP contribution in [0.5, 0.6) is 0 Å². The summed E-state index contributed by atoms with van der Waals surface area (Å²) in [5, 5.41) is 10.4. The summed E-state index contributed by atoms with van der Waals surface area (Å²) in [7, 11) is 0. The van der Waals surface area contributed by atoms with E-state index in [4.69, 9.17) is 4.74 Å². The Morgan fingerprint density at radius 2 is 2.04 bits per heavy atom. The highest BCUT2D eigenvalue weighted by atomic mass is 16.5. The molecule has 3 aliphatic rings. The molecule has 5 heteroatoms. The molecule has 1 heterocycles. The molecule has 0 radical (unpaired) electrons. The van der Waals surface area contributed by atoms with Gasteiger partial charge in [0.25, 0.3) is 0 Å². The molecule has 0 aromatic rings. The molecule has 1 fully saturated rings. The highest BCUT2D eigenvalue weighted by molar-refractivity contribution is 5.98. The van der Waals surface area contributed by atoms with Gasteiger partial charge in [-0.05, 0) is 50.8 Å². The second-order valence-electron chi connectivity index (χ2n) is 7.81. The van der Waals surface area contributed by atoms with E-state index in [0.29, 0.717) is 36.0 Å². The number of ether oxygens (including phenoxy) is 1. The van der Waals surface area contributed by atoms with Crippen LogP contribution in [0.25, 0.3) is 0 Å². The number of fused-ring (bicyclic) bond motifs is 3. The average molecular weight is 344 g/mol. The van der Waals surface area contributed by atoms with Crippen LogP contribution in [-0.4, -0.2) is 34.9 Å². The summed E-state index contributed by atoms with van der Waals surface area (Å²) in [6.07, 6.45) is 2.86. The number of Topliss-reactive ketones (excluding diaryl/α,β-unsaturated/α-hetero) is 1. The van der Waals surface area contributed by atoms with Crippen molar-refractivity contribution in [3.63, 3.8) is 0 Å². The first-order chi connectivity index (χ1) is 11.6. The van der Waals surface area contributed by atoms with Crippen LogP contribution >= 0.6 is 0 Å². The van der Waals surface area contributed by atoms with Crippen molar-refractivity contribution >= 4 is 17.5 Å². The molecule has 0 saturated heterocycles. The number of aliphatic hydroxyl groups is 1. The fraction of sp³-hybridized carbons (Fsp3) is 0.550. The normalized spacial score (nSPS) is 38.5. The maximum absolute atomic E-state index is 12.6. The molecule has 1 aliphatic heterocycles. The predicted octanol–water partition coefficient (Wildman–Crippen LogP) is 2.30. The minimum absolute atomic E-state index is 0.129. The van der Waals surface area contributed by atoms with Crippen LogP contribution < -0.4 is 0 Å². The van der Waals surface area contributed by atoms with Crippen LogP contribution in [0.15, 0.2) is 35.5 Å². The highest BCUT2D eigenvalue weighted by Gasteiger charge is 2.60. The number of rotatable bonds is 1. The van der Waals surface area contributed by atoms with Gasteiger partial charge in [-0.15, -0.1) is 0 Å². The lowest BCUT2D eigenvalue weighted by molar-refractivity contribution is -0.143. The zero-order chi connectivity index (χ0) is 18.5. The first-order valence-corrected chi connectivity index (χ1v) is 8.66. The monoisotopic (exact) mass is 344 g/mol. The van der Waals surface area contributed by atoms with Crippen molar-refractivity contribution in [2.75, 3.05) is 0 Å². The predicted molar refractivity (Wildman–Crippen MR) is 91.5 cm³/mol. The number of ketones is 2. The molecule has 5 nitrogen and oxygen atoms in total. The zero-order valence-electron chi connectivity index (χ0n) is 14.9. The lowest BCUT2D eigenvalue weighted by Crippen LogP contribution is -2.30. The van der Waals surface area contributed by atoms with E-state index in [0.717, 1.165) is 0 Å². The number of allylic oxidation sites excluding steroid dienone is 2. The molecular weight excluding hydrogens is 320 g/mol. The van der Waals surface area contributed by atoms with E-state index in [1.54, 1.807) is 19.9 Å². The van der Waals surface area contributed by atoms with Crippen molar-refractivity contribution in [1.82, 2.24) is 0 Å². The van der Waals surface area contributed by atoms with Gasteiger partial charge in [0.2, 0.25) is 0 Å². The Labute approximate surface area is 147 Å². The molecule has 3 rings (SSSR count). The van der Waals surface area contributed by atoms with Crippen molar-refractivity contribution in [1.29, 1.82) is 0 Å². The molecule has 134 valence electrons. The Morgan fingerprint density at radius 1 is 1.36 bits per heavy atom. The molecule has 1 saturated carbocycles. The summed E-state index contributed by atoms with van der Waals surface area (Å²) in [6.45, 7) is 9.12. The molecule has 2 aliphatic carbocycles. The van der Waals surface area contributed by atoms with Gasteiger partial charge < -0.3 is 9.84 Å². The summed E-state index contributed by atoms with van der Waals surface area (Å²) in [5.74, 6) is -1.70. The summed E-state index contributed by atoms with van der Waals surface area (Å²) in [4.78, 5) is 37.3. The maximum atomic E-state index is 12.6. The molecule has 0 aromatic carbocycles. The SMILES string of the molecule is C=C(C)C1CCC2=CC(OC2=O)C2(C)CC2C(=O)C=C(C)C(O)C1=O. The Kier molecular flexibility index (Phi) is 4.31. The molecule has 0 aromatic heterocycles. The minimum atomic E-state index is -1.32. The molecule has 5 atom stereocenters. The Balaban J connectivity index is 1.98. The Morgan fingerprint density at radius 3 is 2.68 bits per heavy atom. The number of hydrogen-bond acceptors (Lipinski definition) is 5. The van der Waals surface area contributed by atoms with Gasteiger partial charge >= 0.3 is 5.97 Å². The largest absolute Gasteiger partial charge is 0.454 e. The van der Waals surface area contributed by atoms with E-state index < -0.39 is 23.5 Å². The second-order valence-corrected chi connectivity index (χ2v) is 7.81. The van der Waals surface area contributed by atoms with Gasteiger partial charge in [-0.1, -0.05) is 19.1 Å². The number of hydrogen-bond donors (Lipinski definition) is 1. The second kappa shape index (κ2) is 6.06. The van der Waals surface area contributed by atoms with Crippen LogP contribution in [0.3, 0.4) is 0 Å². The molecule has 0 amide bonds.